The summed E-state index contributed by atoms with van der Waals surface area (Å²) in [6, 6.07) is 1.47. The summed E-state index contributed by atoms with van der Waals surface area (Å²) in [5, 5.41) is 7.86. The number of alkyl halides is 3. The summed E-state index contributed by atoms with van der Waals surface area (Å²) in [5.41, 5.74) is 0.545. The standard InChI is InChI=1S/C27H36F4N4O/c1-6-9-10-11-15-32-26(36-5)19(4)33-23-14-12-16-35-25(23)18-24(34-35)21(22(28)8-3)17-20(13-7-2)27(29,30)31/h8,10-11,13,15,17-18,23,33H,6-7,9,12,14,16H2,1-5H3/b11-10+,20-13-,21-17+,22-8+,26-19-,32-15-. The normalized spacial score (nSPS) is 18.6. The van der Waals surface area contributed by atoms with Gasteiger partial charge in [-0.1, -0.05) is 38.5 Å². The summed E-state index contributed by atoms with van der Waals surface area (Å²) < 4.78 is 62.5. The van der Waals surface area contributed by atoms with Crippen molar-refractivity contribution in [3.8, 4) is 0 Å². The van der Waals surface area contributed by atoms with Gasteiger partial charge in [0.05, 0.1) is 35.8 Å². The maximum Gasteiger partial charge on any atom is 0.416 e. The Morgan fingerprint density at radius 1 is 1.33 bits per heavy atom. The van der Waals surface area contributed by atoms with Crippen molar-refractivity contribution in [1.29, 1.82) is 0 Å². The van der Waals surface area contributed by atoms with E-state index in [9.17, 15) is 17.6 Å². The molecule has 1 N–H and O–H groups in total. The molecule has 1 atom stereocenters. The molecule has 0 radical (unpaired) electrons. The van der Waals surface area contributed by atoms with Crippen molar-refractivity contribution in [3.63, 3.8) is 0 Å². The number of fused-ring (bicyclic) bond motifs is 1. The van der Waals surface area contributed by atoms with E-state index in [1.54, 1.807) is 23.9 Å². The molecule has 0 bridgehead atoms. The van der Waals surface area contributed by atoms with Gasteiger partial charge in [-0.2, -0.15) is 18.3 Å². The lowest BCUT2D eigenvalue weighted by Crippen LogP contribution is -2.27. The number of methoxy groups -OCH3 is 1. The first-order valence-electron chi connectivity index (χ1n) is 12.3. The predicted octanol–water partition coefficient (Wildman–Crippen LogP) is 7.73. The van der Waals surface area contributed by atoms with Gasteiger partial charge in [0.2, 0.25) is 5.88 Å². The molecule has 0 aromatic carbocycles. The highest BCUT2D eigenvalue weighted by Gasteiger charge is 2.33. The molecule has 1 aliphatic heterocycles. The highest BCUT2D eigenvalue weighted by Crippen LogP contribution is 2.35. The monoisotopic (exact) mass is 508 g/mol. The molecular weight excluding hydrogens is 472 g/mol. The third-order valence-corrected chi connectivity index (χ3v) is 5.64. The average Bonchev–Trinajstić information content (AvgIpc) is 3.27. The Hall–Kier alpha value is -3.10. The number of unbranched alkanes of at least 4 members (excludes halogenated alkanes) is 1. The largest absolute Gasteiger partial charge is 0.480 e. The summed E-state index contributed by atoms with van der Waals surface area (Å²) in [7, 11) is 1.54. The topological polar surface area (TPSA) is 51.4 Å². The first-order valence-corrected chi connectivity index (χ1v) is 12.3. The van der Waals surface area contributed by atoms with Crippen LogP contribution in [0.15, 0.2) is 64.4 Å². The van der Waals surface area contributed by atoms with E-state index in [-0.39, 0.29) is 23.7 Å². The van der Waals surface area contributed by atoms with E-state index in [0.29, 0.717) is 18.1 Å². The number of rotatable bonds is 11. The second-order valence-electron chi connectivity index (χ2n) is 8.41. The molecule has 36 heavy (non-hydrogen) atoms. The maximum atomic E-state index is 14.8. The van der Waals surface area contributed by atoms with Crippen molar-refractivity contribution in [2.45, 2.75) is 78.6 Å². The van der Waals surface area contributed by atoms with Crippen molar-refractivity contribution in [3.05, 3.63) is 70.8 Å². The Bertz CT molecular complexity index is 1060. The number of aliphatic imine (C=N–C) groups is 1. The second-order valence-corrected chi connectivity index (χ2v) is 8.41. The lowest BCUT2D eigenvalue weighted by atomic mass is 10.0. The Kier molecular flexibility index (Phi) is 11.2. The van der Waals surface area contributed by atoms with Crippen LogP contribution in [-0.4, -0.2) is 29.3 Å². The lowest BCUT2D eigenvalue weighted by molar-refractivity contribution is -0.0883. The van der Waals surface area contributed by atoms with Crippen molar-refractivity contribution < 1.29 is 22.3 Å². The summed E-state index contributed by atoms with van der Waals surface area (Å²) in [6.07, 6.45) is 7.75. The van der Waals surface area contributed by atoms with Gasteiger partial charge in [-0.15, -0.1) is 0 Å². The van der Waals surface area contributed by atoms with Gasteiger partial charge in [-0.05, 0) is 57.7 Å². The zero-order valence-corrected chi connectivity index (χ0v) is 21.6. The number of allylic oxidation sites excluding steroid dienone is 9. The van der Waals surface area contributed by atoms with Gasteiger partial charge >= 0.3 is 6.18 Å². The van der Waals surface area contributed by atoms with Crippen molar-refractivity contribution >= 4 is 11.8 Å². The summed E-state index contributed by atoms with van der Waals surface area (Å²) >= 11 is 0. The molecule has 198 valence electrons. The van der Waals surface area contributed by atoms with E-state index in [4.69, 9.17) is 4.74 Å². The van der Waals surface area contributed by atoms with Gasteiger partial charge in [0.25, 0.3) is 0 Å². The summed E-state index contributed by atoms with van der Waals surface area (Å²) in [5.74, 6) is -0.336. The number of hydrogen-bond donors (Lipinski definition) is 1. The van der Waals surface area contributed by atoms with Gasteiger partial charge in [0.15, 0.2) is 0 Å². The van der Waals surface area contributed by atoms with Crippen LogP contribution in [0.5, 0.6) is 0 Å². The molecule has 0 saturated carbocycles. The molecule has 0 amide bonds. The van der Waals surface area contributed by atoms with E-state index < -0.39 is 17.6 Å². The van der Waals surface area contributed by atoms with Gasteiger partial charge in [-0.25, -0.2) is 9.38 Å². The molecule has 1 aliphatic rings. The molecule has 1 unspecified atom stereocenters. The van der Waals surface area contributed by atoms with Crippen molar-refractivity contribution in [2.24, 2.45) is 4.99 Å². The van der Waals surface area contributed by atoms with Gasteiger partial charge in [0, 0.05) is 18.3 Å². The van der Waals surface area contributed by atoms with Gasteiger partial charge in [0.1, 0.15) is 5.83 Å². The maximum absolute atomic E-state index is 14.8. The summed E-state index contributed by atoms with van der Waals surface area (Å²) in [6.45, 7) is 7.58. The number of aromatic nitrogens is 2. The Morgan fingerprint density at radius 2 is 2.08 bits per heavy atom. The minimum Gasteiger partial charge on any atom is -0.480 e. The SMILES string of the molecule is C\C=C(F)/C(=C\C(=C\CC)C(F)(F)F)c1cc2n(n1)CCCC2N/C(C)=C(/N=C\C=C\CCC)OC. The number of nitrogens with zero attached hydrogens (tertiary/aromatic N) is 3. The van der Waals surface area contributed by atoms with Crippen LogP contribution in [-0.2, 0) is 11.3 Å². The van der Waals surface area contributed by atoms with Crippen LogP contribution in [0.3, 0.4) is 0 Å². The zero-order chi connectivity index (χ0) is 26.7. The molecule has 0 aliphatic carbocycles. The van der Waals surface area contributed by atoms with E-state index in [0.717, 1.165) is 49.6 Å². The third kappa shape index (κ3) is 7.96. The lowest BCUT2D eigenvalue weighted by Gasteiger charge is -2.26. The molecular formula is C27H36F4N4O. The molecule has 9 heteroatoms. The predicted molar refractivity (Wildman–Crippen MR) is 137 cm³/mol. The number of nitrogens with one attached hydrogen (secondary N) is 1. The second kappa shape index (κ2) is 13.8. The van der Waals surface area contributed by atoms with Crippen LogP contribution < -0.4 is 5.32 Å². The number of halogens is 4. The van der Waals surface area contributed by atoms with Crippen LogP contribution in [0.2, 0.25) is 0 Å². The van der Waals surface area contributed by atoms with E-state index in [1.165, 1.54) is 14.0 Å². The van der Waals surface area contributed by atoms with Crippen molar-refractivity contribution in [2.75, 3.05) is 7.11 Å². The van der Waals surface area contributed by atoms with Gasteiger partial charge in [-0.3, -0.25) is 4.68 Å². The molecule has 0 saturated heterocycles. The van der Waals surface area contributed by atoms with E-state index in [2.05, 4.69) is 22.3 Å². The average molecular weight is 509 g/mol. The van der Waals surface area contributed by atoms with E-state index in [1.807, 2.05) is 19.1 Å². The smallest absolute Gasteiger partial charge is 0.416 e. The molecule has 2 rings (SSSR count). The van der Waals surface area contributed by atoms with Crippen molar-refractivity contribution in [1.82, 2.24) is 15.1 Å². The first kappa shape index (κ1) is 29.1. The fourth-order valence-electron chi connectivity index (χ4n) is 3.87. The number of hydrogen-bond acceptors (Lipinski definition) is 4. The minimum atomic E-state index is -4.59. The molecule has 2 heterocycles. The fourth-order valence-corrected chi connectivity index (χ4v) is 3.87. The Balaban J connectivity index is 2.42. The molecule has 1 aromatic rings. The molecule has 1 aromatic heterocycles. The van der Waals surface area contributed by atoms with Crippen LogP contribution >= 0.6 is 0 Å². The number of aryl methyl sites for hydroxylation is 1. The first-order chi connectivity index (χ1) is 17.2. The van der Waals surface area contributed by atoms with Crippen LogP contribution in [0.25, 0.3) is 5.57 Å². The number of ether oxygens (including phenoxy) is 1. The Morgan fingerprint density at radius 3 is 2.69 bits per heavy atom. The highest BCUT2D eigenvalue weighted by atomic mass is 19.4. The fraction of sp³-hybridized carbons (Fsp3) is 0.481. The quantitative estimate of drug-likeness (QED) is 0.144. The highest BCUT2D eigenvalue weighted by molar-refractivity contribution is 5.77. The van der Waals surface area contributed by atoms with Crippen LogP contribution in [0, 0.1) is 0 Å². The molecule has 0 spiro atoms. The van der Waals surface area contributed by atoms with Gasteiger partial charge < -0.3 is 10.1 Å². The van der Waals surface area contributed by atoms with E-state index >= 15 is 0 Å². The van der Waals surface area contributed by atoms with Crippen LogP contribution in [0.4, 0.5) is 17.6 Å². The zero-order valence-electron chi connectivity index (χ0n) is 21.6. The Labute approximate surface area is 211 Å². The minimum absolute atomic E-state index is 0.160. The molecule has 0 fully saturated rings. The molecule has 5 nitrogen and oxygen atoms in total. The summed E-state index contributed by atoms with van der Waals surface area (Å²) in [4.78, 5) is 4.36. The van der Waals surface area contributed by atoms with Crippen LogP contribution in [0.1, 0.15) is 77.2 Å². The third-order valence-electron chi connectivity index (χ3n) is 5.64.